The van der Waals surface area contributed by atoms with Crippen molar-refractivity contribution in [2.45, 2.75) is 29.6 Å². The third kappa shape index (κ3) is 5.52. The molecule has 0 N–H and O–H groups in total. The van der Waals surface area contributed by atoms with Gasteiger partial charge in [-0.3, -0.25) is 0 Å². The maximum atomic E-state index is 13.4. The Kier molecular flexibility index (Phi) is 8.22. The second-order valence-electron chi connectivity index (χ2n) is 9.35. The van der Waals surface area contributed by atoms with Crippen molar-refractivity contribution in [2.24, 2.45) is 5.92 Å². The monoisotopic (exact) mass is 553 g/mol. The average molecular weight is 554 g/mol. The topological polar surface area (TPSA) is 106 Å². The van der Waals surface area contributed by atoms with E-state index in [1.807, 2.05) is 4.90 Å². The standard InChI is InChI=1S/C25H35N3O7S2/c1-19-6-5-11-28(18-19)37(31,32)20-7-9-23(33-2)22(16-20)26-12-14-27(15-13-26)36(29,30)21-8-10-24(34-3)25(17-21)35-4/h7-10,16-17,19H,5-6,11-15,18H2,1-4H3. The summed E-state index contributed by atoms with van der Waals surface area (Å²) in [6.07, 6.45) is 1.87. The number of piperazine rings is 1. The molecule has 4 rings (SSSR count). The van der Waals surface area contributed by atoms with Crippen LogP contribution >= 0.6 is 0 Å². The average Bonchev–Trinajstić information content (AvgIpc) is 2.92. The minimum absolute atomic E-state index is 0.125. The molecule has 2 aromatic rings. The molecular weight excluding hydrogens is 518 g/mol. The molecule has 2 heterocycles. The summed E-state index contributed by atoms with van der Waals surface area (Å²) in [5.41, 5.74) is 0.636. The Hall–Kier alpha value is -2.54. The summed E-state index contributed by atoms with van der Waals surface area (Å²) < 4.78 is 72.3. The van der Waals surface area contributed by atoms with Gasteiger partial charge in [0.1, 0.15) is 5.75 Å². The fourth-order valence-electron chi connectivity index (χ4n) is 4.89. The van der Waals surface area contributed by atoms with Gasteiger partial charge in [-0.1, -0.05) is 6.92 Å². The Labute approximate surface area is 219 Å². The van der Waals surface area contributed by atoms with Crippen molar-refractivity contribution in [2.75, 3.05) is 65.5 Å². The molecule has 0 aromatic heterocycles. The van der Waals surface area contributed by atoms with E-state index in [0.29, 0.717) is 55.0 Å². The number of piperidine rings is 1. The van der Waals surface area contributed by atoms with Crippen molar-refractivity contribution >= 4 is 25.7 Å². The van der Waals surface area contributed by atoms with Gasteiger partial charge in [-0.15, -0.1) is 0 Å². The number of anilines is 1. The molecule has 0 aliphatic carbocycles. The summed E-state index contributed by atoms with van der Waals surface area (Å²) in [7, 11) is -2.91. The Morgan fingerprint density at radius 1 is 0.703 bits per heavy atom. The molecule has 2 aliphatic rings. The molecule has 0 bridgehead atoms. The summed E-state index contributed by atoms with van der Waals surface area (Å²) in [6.45, 7) is 4.33. The number of hydrogen-bond acceptors (Lipinski definition) is 8. The largest absolute Gasteiger partial charge is 0.495 e. The Morgan fingerprint density at radius 3 is 1.86 bits per heavy atom. The highest BCUT2D eigenvalue weighted by molar-refractivity contribution is 7.89. The molecular formula is C25H35N3O7S2. The molecule has 204 valence electrons. The molecule has 1 unspecified atom stereocenters. The van der Waals surface area contributed by atoms with Gasteiger partial charge < -0.3 is 19.1 Å². The highest BCUT2D eigenvalue weighted by atomic mass is 32.2. The summed E-state index contributed by atoms with van der Waals surface area (Å²) in [5.74, 6) is 1.66. The fraction of sp³-hybridized carbons (Fsp3) is 0.520. The van der Waals surface area contributed by atoms with Gasteiger partial charge in [0.05, 0.1) is 36.8 Å². The lowest BCUT2D eigenvalue weighted by atomic mass is 10.0. The molecule has 12 heteroatoms. The van der Waals surface area contributed by atoms with Crippen molar-refractivity contribution in [3.05, 3.63) is 36.4 Å². The van der Waals surface area contributed by atoms with Crippen LogP contribution in [0.4, 0.5) is 5.69 Å². The van der Waals surface area contributed by atoms with Gasteiger partial charge in [0.2, 0.25) is 20.0 Å². The van der Waals surface area contributed by atoms with Crippen molar-refractivity contribution in [3.63, 3.8) is 0 Å². The molecule has 2 saturated heterocycles. The van der Waals surface area contributed by atoms with Crippen LogP contribution < -0.4 is 19.1 Å². The second-order valence-corrected chi connectivity index (χ2v) is 13.2. The number of nitrogens with zero attached hydrogens (tertiary/aromatic N) is 3. The first-order valence-corrected chi connectivity index (χ1v) is 15.1. The maximum Gasteiger partial charge on any atom is 0.243 e. The maximum absolute atomic E-state index is 13.4. The first-order valence-electron chi connectivity index (χ1n) is 12.3. The first-order chi connectivity index (χ1) is 17.6. The third-order valence-electron chi connectivity index (χ3n) is 6.98. The molecule has 0 amide bonds. The van der Waals surface area contributed by atoms with E-state index in [-0.39, 0.29) is 22.9 Å². The van der Waals surface area contributed by atoms with Crippen LogP contribution in [-0.2, 0) is 20.0 Å². The Bertz CT molecular complexity index is 1320. The summed E-state index contributed by atoms with van der Waals surface area (Å²) in [6, 6.07) is 9.42. The van der Waals surface area contributed by atoms with E-state index in [0.717, 1.165) is 12.8 Å². The van der Waals surface area contributed by atoms with Gasteiger partial charge in [-0.05, 0) is 49.1 Å². The van der Waals surface area contributed by atoms with Crippen LogP contribution in [0.25, 0.3) is 0 Å². The minimum Gasteiger partial charge on any atom is -0.495 e. The van der Waals surface area contributed by atoms with Gasteiger partial charge in [0, 0.05) is 45.3 Å². The van der Waals surface area contributed by atoms with Crippen molar-refractivity contribution < 1.29 is 31.0 Å². The van der Waals surface area contributed by atoms with E-state index >= 15 is 0 Å². The molecule has 0 spiro atoms. The van der Waals surface area contributed by atoms with Crippen LogP contribution in [0, 0.1) is 5.92 Å². The Balaban J connectivity index is 1.54. The van der Waals surface area contributed by atoms with Crippen molar-refractivity contribution in [1.29, 1.82) is 0 Å². The van der Waals surface area contributed by atoms with Gasteiger partial charge in [0.15, 0.2) is 11.5 Å². The normalized spacial score (nSPS) is 20.0. The molecule has 2 aliphatic heterocycles. The lowest BCUT2D eigenvalue weighted by Gasteiger charge is -2.36. The van der Waals surface area contributed by atoms with Crippen LogP contribution in [0.2, 0.25) is 0 Å². The zero-order valence-electron chi connectivity index (χ0n) is 21.7. The zero-order valence-corrected chi connectivity index (χ0v) is 23.3. The van der Waals surface area contributed by atoms with Gasteiger partial charge >= 0.3 is 0 Å². The molecule has 2 aromatic carbocycles. The summed E-state index contributed by atoms with van der Waals surface area (Å²) in [4.78, 5) is 2.31. The van der Waals surface area contributed by atoms with Crippen molar-refractivity contribution in [1.82, 2.24) is 8.61 Å². The summed E-state index contributed by atoms with van der Waals surface area (Å²) in [5, 5.41) is 0. The number of benzene rings is 2. The van der Waals surface area contributed by atoms with Crippen LogP contribution in [0.1, 0.15) is 19.8 Å². The number of rotatable bonds is 8. The van der Waals surface area contributed by atoms with Crippen molar-refractivity contribution in [3.8, 4) is 17.2 Å². The van der Waals surface area contributed by atoms with Crippen LogP contribution in [0.5, 0.6) is 17.2 Å². The molecule has 0 radical (unpaired) electrons. The van der Waals surface area contributed by atoms with Gasteiger partial charge in [0.25, 0.3) is 0 Å². The summed E-state index contributed by atoms with van der Waals surface area (Å²) >= 11 is 0. The first kappa shape index (κ1) is 27.5. The number of hydrogen-bond donors (Lipinski definition) is 0. The van der Waals surface area contributed by atoms with Gasteiger partial charge in [-0.2, -0.15) is 8.61 Å². The highest BCUT2D eigenvalue weighted by Crippen LogP contribution is 2.35. The molecule has 1 atom stereocenters. The zero-order chi connectivity index (χ0) is 26.8. The fourth-order valence-corrected chi connectivity index (χ4v) is 7.94. The Morgan fingerprint density at radius 2 is 1.27 bits per heavy atom. The lowest BCUT2D eigenvalue weighted by Crippen LogP contribution is -2.48. The smallest absolute Gasteiger partial charge is 0.243 e. The predicted molar refractivity (Wildman–Crippen MR) is 141 cm³/mol. The molecule has 0 saturated carbocycles. The van der Waals surface area contributed by atoms with Gasteiger partial charge in [-0.25, -0.2) is 16.8 Å². The van der Waals surface area contributed by atoms with E-state index in [4.69, 9.17) is 14.2 Å². The van der Waals surface area contributed by atoms with Crippen LogP contribution in [0.15, 0.2) is 46.2 Å². The molecule has 10 nitrogen and oxygen atoms in total. The second kappa shape index (κ2) is 11.1. The predicted octanol–water partition coefficient (Wildman–Crippen LogP) is 2.64. The van der Waals surface area contributed by atoms with E-state index in [1.54, 1.807) is 28.6 Å². The number of methoxy groups -OCH3 is 3. The minimum atomic E-state index is -3.75. The van der Waals surface area contributed by atoms with E-state index in [9.17, 15) is 16.8 Å². The lowest BCUT2D eigenvalue weighted by molar-refractivity contribution is 0.281. The molecule has 2 fully saturated rings. The SMILES string of the molecule is COc1ccc(S(=O)(=O)N2CCN(c3cc(S(=O)(=O)N4CCCC(C)C4)ccc3OC)CC2)cc1OC. The van der Waals surface area contributed by atoms with Crippen LogP contribution in [-0.4, -0.2) is 86.0 Å². The third-order valence-corrected chi connectivity index (χ3v) is 10.7. The highest BCUT2D eigenvalue weighted by Gasteiger charge is 2.32. The quantitative estimate of drug-likeness (QED) is 0.491. The van der Waals surface area contributed by atoms with E-state index in [1.165, 1.54) is 37.8 Å². The van der Waals surface area contributed by atoms with E-state index < -0.39 is 20.0 Å². The van der Waals surface area contributed by atoms with E-state index in [2.05, 4.69) is 6.92 Å². The number of ether oxygens (including phenoxy) is 3. The molecule has 37 heavy (non-hydrogen) atoms. The van der Waals surface area contributed by atoms with Crippen LogP contribution in [0.3, 0.4) is 0 Å². The number of sulfonamides is 2.